The maximum absolute atomic E-state index is 13.3. The molecule has 0 aliphatic carbocycles. The molecule has 1 nitrogen and oxygen atoms in total. The summed E-state index contributed by atoms with van der Waals surface area (Å²) >= 11 is 0. The van der Waals surface area contributed by atoms with Gasteiger partial charge in [0.25, 0.3) is 0 Å². The first-order valence-electron chi connectivity index (χ1n) is 3.94. The van der Waals surface area contributed by atoms with Crippen molar-refractivity contribution >= 4 is 0 Å². The Balaban J connectivity index is 3.42. The predicted molar refractivity (Wildman–Crippen MR) is 46.5 cm³/mol. The highest BCUT2D eigenvalue weighted by Crippen LogP contribution is 2.20. The summed E-state index contributed by atoms with van der Waals surface area (Å²) in [6.45, 7) is 5.23. The second-order valence-electron chi connectivity index (χ2n) is 3.09. The van der Waals surface area contributed by atoms with Crippen LogP contribution in [0.1, 0.15) is 22.3 Å². The molecule has 12 heavy (non-hydrogen) atoms. The van der Waals surface area contributed by atoms with E-state index in [2.05, 4.69) is 0 Å². The molecule has 2 heteroatoms. The Morgan fingerprint density at radius 2 is 1.83 bits per heavy atom. The molecule has 0 amide bonds. The summed E-state index contributed by atoms with van der Waals surface area (Å²) in [7, 11) is 0. The highest BCUT2D eigenvalue weighted by Gasteiger charge is 2.09. The zero-order valence-electron chi connectivity index (χ0n) is 7.61. The zero-order chi connectivity index (χ0) is 9.30. The summed E-state index contributed by atoms with van der Waals surface area (Å²) in [6.07, 6.45) is 0. The summed E-state index contributed by atoms with van der Waals surface area (Å²) < 4.78 is 13.3. The normalized spacial score (nSPS) is 10.4. The highest BCUT2D eigenvalue weighted by molar-refractivity contribution is 5.38. The number of aliphatic hydroxyl groups is 1. The van der Waals surface area contributed by atoms with Crippen molar-refractivity contribution in [1.82, 2.24) is 0 Å². The van der Waals surface area contributed by atoms with Crippen molar-refractivity contribution in [1.29, 1.82) is 0 Å². The molecule has 1 aromatic rings. The number of benzene rings is 1. The minimum Gasteiger partial charge on any atom is -0.392 e. The molecule has 0 fully saturated rings. The monoisotopic (exact) mass is 168 g/mol. The van der Waals surface area contributed by atoms with E-state index in [0.717, 1.165) is 11.1 Å². The van der Waals surface area contributed by atoms with Crippen LogP contribution in [-0.4, -0.2) is 5.11 Å². The van der Waals surface area contributed by atoms with Gasteiger partial charge in [-0.2, -0.15) is 0 Å². The molecule has 66 valence electrons. The second kappa shape index (κ2) is 3.23. The summed E-state index contributed by atoms with van der Waals surface area (Å²) in [5.41, 5.74) is 2.90. The second-order valence-corrected chi connectivity index (χ2v) is 3.09. The van der Waals surface area contributed by atoms with Gasteiger partial charge in [0.05, 0.1) is 6.61 Å². The van der Waals surface area contributed by atoms with E-state index in [1.807, 2.05) is 13.8 Å². The van der Waals surface area contributed by atoms with E-state index in [1.165, 1.54) is 0 Å². The van der Waals surface area contributed by atoms with Gasteiger partial charge in [0.2, 0.25) is 0 Å². The Bertz CT molecular complexity index is 279. The van der Waals surface area contributed by atoms with Crippen LogP contribution < -0.4 is 0 Å². The molecule has 0 spiro atoms. The molecule has 0 atom stereocenters. The Morgan fingerprint density at radius 1 is 1.25 bits per heavy atom. The van der Waals surface area contributed by atoms with Crippen LogP contribution in [0.15, 0.2) is 6.07 Å². The summed E-state index contributed by atoms with van der Waals surface area (Å²) in [5, 5.41) is 8.91. The zero-order valence-corrected chi connectivity index (χ0v) is 7.61. The van der Waals surface area contributed by atoms with E-state index < -0.39 is 0 Å². The fourth-order valence-electron chi connectivity index (χ4n) is 1.32. The van der Waals surface area contributed by atoms with Gasteiger partial charge in [-0.3, -0.25) is 0 Å². The molecule has 0 saturated carbocycles. The Labute approximate surface area is 71.9 Å². The van der Waals surface area contributed by atoms with E-state index in [0.29, 0.717) is 11.1 Å². The van der Waals surface area contributed by atoms with Crippen molar-refractivity contribution in [3.05, 3.63) is 34.1 Å². The largest absolute Gasteiger partial charge is 0.392 e. The molecule has 0 heterocycles. The van der Waals surface area contributed by atoms with Gasteiger partial charge in [-0.15, -0.1) is 0 Å². The number of aliphatic hydroxyl groups excluding tert-OH is 1. The molecule has 0 unspecified atom stereocenters. The van der Waals surface area contributed by atoms with Crippen LogP contribution in [0.3, 0.4) is 0 Å². The van der Waals surface area contributed by atoms with Gasteiger partial charge in [-0.25, -0.2) is 4.39 Å². The molecular formula is C10H13FO. The van der Waals surface area contributed by atoms with Crippen LogP contribution in [0, 0.1) is 26.6 Å². The van der Waals surface area contributed by atoms with E-state index in [4.69, 9.17) is 5.11 Å². The smallest absolute Gasteiger partial charge is 0.131 e. The number of rotatable bonds is 1. The van der Waals surface area contributed by atoms with E-state index >= 15 is 0 Å². The average Bonchev–Trinajstić information content (AvgIpc) is 2.02. The minimum atomic E-state index is -0.277. The van der Waals surface area contributed by atoms with Crippen LogP contribution in [0.2, 0.25) is 0 Å². The number of hydrogen-bond donors (Lipinski definition) is 1. The first-order chi connectivity index (χ1) is 5.57. The third-order valence-corrected chi connectivity index (χ3v) is 2.25. The van der Waals surface area contributed by atoms with Gasteiger partial charge in [-0.1, -0.05) is 6.07 Å². The molecule has 0 aliphatic rings. The van der Waals surface area contributed by atoms with Gasteiger partial charge >= 0.3 is 0 Å². The molecule has 0 aromatic heterocycles. The fraction of sp³-hybridized carbons (Fsp3) is 0.400. The maximum Gasteiger partial charge on any atom is 0.131 e. The molecule has 0 radical (unpaired) electrons. The topological polar surface area (TPSA) is 20.2 Å². The lowest BCUT2D eigenvalue weighted by molar-refractivity contribution is 0.274. The van der Waals surface area contributed by atoms with Crippen molar-refractivity contribution in [3.8, 4) is 0 Å². The predicted octanol–water partition coefficient (Wildman–Crippen LogP) is 2.24. The first kappa shape index (κ1) is 9.20. The number of hydrogen-bond acceptors (Lipinski definition) is 1. The summed E-state index contributed by atoms with van der Waals surface area (Å²) in [6, 6.07) is 1.80. The fourth-order valence-corrected chi connectivity index (χ4v) is 1.32. The number of halogens is 1. The van der Waals surface area contributed by atoms with Crippen LogP contribution in [0.25, 0.3) is 0 Å². The van der Waals surface area contributed by atoms with E-state index in [-0.39, 0.29) is 12.4 Å². The molecule has 0 aliphatic heterocycles. The standard InChI is InChI=1S/C10H13FO/c1-6-4-7(2)10(11)9(5-12)8(6)3/h4,12H,5H2,1-3H3. The molecule has 1 aromatic carbocycles. The van der Waals surface area contributed by atoms with E-state index in [9.17, 15) is 4.39 Å². The minimum absolute atomic E-state index is 0.222. The quantitative estimate of drug-likeness (QED) is 0.681. The van der Waals surface area contributed by atoms with Crippen molar-refractivity contribution in [3.63, 3.8) is 0 Å². The lowest BCUT2D eigenvalue weighted by atomic mass is 10.00. The maximum atomic E-state index is 13.3. The summed E-state index contributed by atoms with van der Waals surface area (Å²) in [4.78, 5) is 0. The average molecular weight is 168 g/mol. The van der Waals surface area contributed by atoms with E-state index in [1.54, 1.807) is 13.0 Å². The van der Waals surface area contributed by atoms with Gasteiger partial charge in [0.1, 0.15) is 5.82 Å². The number of aryl methyl sites for hydroxylation is 2. The third-order valence-electron chi connectivity index (χ3n) is 2.25. The Hall–Kier alpha value is -0.890. The third kappa shape index (κ3) is 1.34. The molecular weight excluding hydrogens is 155 g/mol. The van der Waals surface area contributed by atoms with Crippen LogP contribution in [0.5, 0.6) is 0 Å². The van der Waals surface area contributed by atoms with Crippen LogP contribution in [-0.2, 0) is 6.61 Å². The van der Waals surface area contributed by atoms with Crippen LogP contribution >= 0.6 is 0 Å². The van der Waals surface area contributed by atoms with Gasteiger partial charge in [-0.05, 0) is 37.5 Å². The van der Waals surface area contributed by atoms with Gasteiger partial charge in [0.15, 0.2) is 0 Å². The van der Waals surface area contributed by atoms with Crippen LogP contribution in [0.4, 0.5) is 4.39 Å². The first-order valence-corrected chi connectivity index (χ1v) is 3.94. The van der Waals surface area contributed by atoms with Crippen molar-refractivity contribution < 1.29 is 9.50 Å². The van der Waals surface area contributed by atoms with Crippen molar-refractivity contribution in [2.45, 2.75) is 27.4 Å². The molecule has 0 bridgehead atoms. The SMILES string of the molecule is Cc1cc(C)c(F)c(CO)c1C. The Kier molecular flexibility index (Phi) is 2.48. The highest BCUT2D eigenvalue weighted by atomic mass is 19.1. The van der Waals surface area contributed by atoms with Crippen molar-refractivity contribution in [2.75, 3.05) is 0 Å². The summed E-state index contributed by atoms with van der Waals surface area (Å²) in [5.74, 6) is -0.277. The Morgan fingerprint density at radius 3 is 2.33 bits per heavy atom. The van der Waals surface area contributed by atoms with Crippen molar-refractivity contribution in [2.24, 2.45) is 0 Å². The molecule has 1 rings (SSSR count). The molecule has 0 saturated heterocycles. The molecule has 1 N–H and O–H groups in total. The lowest BCUT2D eigenvalue weighted by Gasteiger charge is -2.09. The van der Waals surface area contributed by atoms with Gasteiger partial charge in [0, 0.05) is 5.56 Å². The lowest BCUT2D eigenvalue weighted by Crippen LogP contribution is -1.99. The van der Waals surface area contributed by atoms with Gasteiger partial charge < -0.3 is 5.11 Å².